The van der Waals surface area contributed by atoms with E-state index in [0.29, 0.717) is 24.3 Å². The van der Waals surface area contributed by atoms with E-state index in [-0.39, 0.29) is 11.7 Å². The van der Waals surface area contributed by atoms with Gasteiger partial charge in [-0.1, -0.05) is 20.3 Å². The maximum atomic E-state index is 13.5. The van der Waals surface area contributed by atoms with Gasteiger partial charge in [0.1, 0.15) is 17.2 Å². The second-order valence-electron chi connectivity index (χ2n) is 5.07. The predicted molar refractivity (Wildman–Crippen MR) is 81.0 cm³/mol. The van der Waals surface area contributed by atoms with E-state index >= 15 is 0 Å². The summed E-state index contributed by atoms with van der Waals surface area (Å²) in [5, 5.41) is 0. The molecule has 2 heterocycles. The van der Waals surface area contributed by atoms with Gasteiger partial charge in [-0.15, -0.1) is 0 Å². The molecule has 0 aromatic carbocycles. The third kappa shape index (κ3) is 3.06. The van der Waals surface area contributed by atoms with E-state index in [2.05, 4.69) is 11.9 Å². The predicted octanol–water partition coefficient (Wildman–Crippen LogP) is 3.30. The summed E-state index contributed by atoms with van der Waals surface area (Å²) in [7, 11) is 0. The molecule has 0 aliphatic carbocycles. The standard InChI is InChI=1S/C16H22FN3O/c1-4-7-10-19(6-3)16(21)15-13(5-2)18-14-9-8-12(17)11-20(14)15/h8-9,11H,4-7,10H2,1-3H3. The molecule has 0 unspecified atom stereocenters. The Morgan fingerprint density at radius 2 is 2.10 bits per heavy atom. The highest BCUT2D eigenvalue weighted by Crippen LogP contribution is 2.17. The summed E-state index contributed by atoms with van der Waals surface area (Å²) < 4.78 is 15.1. The molecule has 0 fully saturated rings. The monoisotopic (exact) mass is 291 g/mol. The lowest BCUT2D eigenvalue weighted by atomic mass is 10.2. The largest absolute Gasteiger partial charge is 0.338 e. The van der Waals surface area contributed by atoms with Crippen molar-refractivity contribution >= 4 is 11.6 Å². The first kappa shape index (κ1) is 15.5. The van der Waals surface area contributed by atoms with Gasteiger partial charge in [0.25, 0.3) is 5.91 Å². The van der Waals surface area contributed by atoms with Crippen molar-refractivity contribution in [2.24, 2.45) is 0 Å². The van der Waals surface area contributed by atoms with E-state index in [1.165, 1.54) is 12.3 Å². The second-order valence-corrected chi connectivity index (χ2v) is 5.07. The van der Waals surface area contributed by atoms with Crippen LogP contribution in [0.4, 0.5) is 4.39 Å². The molecule has 0 saturated heterocycles. The van der Waals surface area contributed by atoms with Crippen LogP contribution in [0.1, 0.15) is 49.8 Å². The number of amides is 1. The molecule has 0 atom stereocenters. The number of rotatable bonds is 6. The smallest absolute Gasteiger partial charge is 0.272 e. The van der Waals surface area contributed by atoms with Gasteiger partial charge in [0.2, 0.25) is 0 Å². The van der Waals surface area contributed by atoms with Gasteiger partial charge in [0, 0.05) is 19.3 Å². The van der Waals surface area contributed by atoms with Crippen molar-refractivity contribution < 1.29 is 9.18 Å². The van der Waals surface area contributed by atoms with Gasteiger partial charge in [-0.25, -0.2) is 9.37 Å². The van der Waals surface area contributed by atoms with Crippen molar-refractivity contribution in [2.45, 2.75) is 40.0 Å². The van der Waals surface area contributed by atoms with E-state index in [9.17, 15) is 9.18 Å². The molecule has 21 heavy (non-hydrogen) atoms. The topological polar surface area (TPSA) is 37.6 Å². The van der Waals surface area contributed by atoms with Crippen LogP contribution >= 0.6 is 0 Å². The van der Waals surface area contributed by atoms with Crippen LogP contribution in [0.15, 0.2) is 18.3 Å². The fourth-order valence-electron chi connectivity index (χ4n) is 2.44. The van der Waals surface area contributed by atoms with Gasteiger partial charge in [0.15, 0.2) is 0 Å². The Bertz CT molecular complexity index is 636. The SMILES string of the molecule is CCCCN(CC)C(=O)c1c(CC)nc2ccc(F)cn12. The zero-order chi connectivity index (χ0) is 15.4. The highest BCUT2D eigenvalue weighted by molar-refractivity contribution is 5.94. The minimum atomic E-state index is -0.367. The van der Waals surface area contributed by atoms with E-state index < -0.39 is 0 Å². The molecule has 0 radical (unpaired) electrons. The average molecular weight is 291 g/mol. The average Bonchev–Trinajstić information content (AvgIpc) is 2.85. The number of pyridine rings is 1. The molecular weight excluding hydrogens is 269 g/mol. The maximum absolute atomic E-state index is 13.5. The van der Waals surface area contributed by atoms with E-state index in [1.807, 2.05) is 13.8 Å². The summed E-state index contributed by atoms with van der Waals surface area (Å²) in [5.74, 6) is -0.436. The summed E-state index contributed by atoms with van der Waals surface area (Å²) >= 11 is 0. The number of unbranched alkanes of at least 4 members (excludes halogenated alkanes) is 1. The van der Waals surface area contributed by atoms with Gasteiger partial charge in [-0.3, -0.25) is 9.20 Å². The second kappa shape index (κ2) is 6.70. The van der Waals surface area contributed by atoms with Crippen LogP contribution in [-0.2, 0) is 6.42 Å². The number of carbonyl (C=O) groups excluding carboxylic acids is 1. The first-order valence-corrected chi connectivity index (χ1v) is 7.58. The summed E-state index contributed by atoms with van der Waals surface area (Å²) in [4.78, 5) is 19.0. The van der Waals surface area contributed by atoms with Crippen LogP contribution < -0.4 is 0 Å². The minimum Gasteiger partial charge on any atom is -0.338 e. The van der Waals surface area contributed by atoms with Crippen LogP contribution in [-0.4, -0.2) is 33.3 Å². The van der Waals surface area contributed by atoms with Gasteiger partial charge in [0.05, 0.1) is 5.69 Å². The number of aryl methyl sites for hydroxylation is 1. The van der Waals surface area contributed by atoms with Gasteiger partial charge < -0.3 is 4.90 Å². The van der Waals surface area contributed by atoms with Gasteiger partial charge in [-0.05, 0) is 31.9 Å². The minimum absolute atomic E-state index is 0.0686. The van der Waals surface area contributed by atoms with Gasteiger partial charge >= 0.3 is 0 Å². The highest BCUT2D eigenvalue weighted by atomic mass is 19.1. The van der Waals surface area contributed by atoms with Crippen molar-refractivity contribution in [3.8, 4) is 0 Å². The lowest BCUT2D eigenvalue weighted by Gasteiger charge is -2.20. The fourth-order valence-corrected chi connectivity index (χ4v) is 2.44. The van der Waals surface area contributed by atoms with Crippen LogP contribution in [0.3, 0.4) is 0 Å². The number of hydrogen-bond donors (Lipinski definition) is 0. The number of hydrogen-bond acceptors (Lipinski definition) is 2. The first-order valence-electron chi connectivity index (χ1n) is 7.58. The molecule has 2 rings (SSSR count). The molecule has 0 aliphatic heterocycles. The van der Waals surface area contributed by atoms with E-state index in [0.717, 1.165) is 25.1 Å². The van der Waals surface area contributed by atoms with Crippen LogP contribution in [0.5, 0.6) is 0 Å². The molecule has 0 aliphatic rings. The van der Waals surface area contributed by atoms with Crippen molar-refractivity contribution in [3.63, 3.8) is 0 Å². The Morgan fingerprint density at radius 3 is 2.71 bits per heavy atom. The molecule has 0 N–H and O–H groups in total. The molecule has 4 nitrogen and oxygen atoms in total. The van der Waals surface area contributed by atoms with E-state index in [4.69, 9.17) is 0 Å². The first-order chi connectivity index (χ1) is 10.1. The van der Waals surface area contributed by atoms with Crippen molar-refractivity contribution in [3.05, 3.63) is 35.5 Å². The lowest BCUT2D eigenvalue weighted by Crippen LogP contribution is -2.33. The van der Waals surface area contributed by atoms with Crippen LogP contribution in [0, 0.1) is 5.82 Å². The summed E-state index contributed by atoms with van der Waals surface area (Å²) in [6.07, 6.45) is 3.98. The quantitative estimate of drug-likeness (QED) is 0.819. The maximum Gasteiger partial charge on any atom is 0.272 e. The highest BCUT2D eigenvalue weighted by Gasteiger charge is 2.22. The number of fused-ring (bicyclic) bond motifs is 1. The zero-order valence-corrected chi connectivity index (χ0v) is 12.9. The van der Waals surface area contributed by atoms with Gasteiger partial charge in [-0.2, -0.15) is 0 Å². The lowest BCUT2D eigenvalue weighted by molar-refractivity contribution is 0.0754. The Balaban J connectivity index is 2.47. The zero-order valence-electron chi connectivity index (χ0n) is 12.9. The third-order valence-electron chi connectivity index (χ3n) is 3.64. The summed E-state index contributed by atoms with van der Waals surface area (Å²) in [5.41, 5.74) is 1.83. The molecule has 2 aromatic heterocycles. The third-order valence-corrected chi connectivity index (χ3v) is 3.64. The number of halogens is 1. The number of imidazole rings is 1. The van der Waals surface area contributed by atoms with Crippen molar-refractivity contribution in [1.29, 1.82) is 0 Å². The van der Waals surface area contributed by atoms with Crippen LogP contribution in [0.25, 0.3) is 5.65 Å². The molecular formula is C16H22FN3O. The normalized spacial score (nSPS) is 11.0. The Hall–Kier alpha value is -1.91. The Labute approximate surface area is 124 Å². The number of nitrogens with zero attached hydrogens (tertiary/aromatic N) is 3. The molecule has 1 amide bonds. The fraction of sp³-hybridized carbons (Fsp3) is 0.500. The molecule has 0 spiro atoms. The molecule has 2 aromatic rings. The van der Waals surface area contributed by atoms with Crippen molar-refractivity contribution in [1.82, 2.24) is 14.3 Å². The Kier molecular flexibility index (Phi) is 4.94. The number of carbonyl (C=O) groups is 1. The molecule has 0 bridgehead atoms. The van der Waals surface area contributed by atoms with Crippen molar-refractivity contribution in [2.75, 3.05) is 13.1 Å². The summed E-state index contributed by atoms with van der Waals surface area (Å²) in [6, 6.07) is 2.97. The molecule has 114 valence electrons. The van der Waals surface area contributed by atoms with Crippen LogP contribution in [0.2, 0.25) is 0 Å². The molecule has 5 heteroatoms. The molecule has 0 saturated carbocycles. The Morgan fingerprint density at radius 1 is 1.33 bits per heavy atom. The summed E-state index contributed by atoms with van der Waals surface area (Å²) in [6.45, 7) is 7.38. The number of aromatic nitrogens is 2. The van der Waals surface area contributed by atoms with E-state index in [1.54, 1.807) is 15.4 Å².